The van der Waals surface area contributed by atoms with Crippen molar-refractivity contribution in [1.82, 2.24) is 0 Å². The van der Waals surface area contributed by atoms with Gasteiger partial charge in [0, 0.05) is 5.57 Å². The van der Waals surface area contributed by atoms with E-state index >= 15 is 0 Å². The zero-order valence-electron chi connectivity index (χ0n) is 5.48. The maximum Gasteiger partial charge on any atom is 0.344 e. The van der Waals surface area contributed by atoms with Crippen molar-refractivity contribution in [1.29, 1.82) is 0 Å². The zero-order chi connectivity index (χ0) is 7.28. The second-order valence-electron chi connectivity index (χ2n) is 1.66. The van der Waals surface area contributed by atoms with E-state index in [9.17, 15) is 4.79 Å². The average molecular weight is 193 g/mol. The standard InChI is InChI=1S/C6H9BrO2/c1-3-4-5(2)6(8)9-7/h4H,3H2,1-2H3. The Bertz CT molecular complexity index is 129. The predicted octanol–water partition coefficient (Wildman–Crippen LogP) is 2.20. The highest BCUT2D eigenvalue weighted by molar-refractivity contribution is 9.06. The molecule has 0 spiro atoms. The van der Waals surface area contributed by atoms with Gasteiger partial charge >= 0.3 is 5.97 Å². The molecule has 0 aromatic carbocycles. The molecule has 9 heavy (non-hydrogen) atoms. The third kappa shape index (κ3) is 3.30. The molecule has 0 aromatic heterocycles. The molecule has 52 valence electrons. The molecule has 0 atom stereocenters. The van der Waals surface area contributed by atoms with Gasteiger partial charge in [-0.2, -0.15) is 0 Å². The van der Waals surface area contributed by atoms with Crippen molar-refractivity contribution in [2.24, 2.45) is 0 Å². The van der Waals surface area contributed by atoms with Crippen LogP contribution in [0, 0.1) is 0 Å². The van der Waals surface area contributed by atoms with Crippen LogP contribution in [0.15, 0.2) is 11.6 Å². The summed E-state index contributed by atoms with van der Waals surface area (Å²) in [4.78, 5) is 10.6. The molecule has 3 heteroatoms. The Kier molecular flexibility index (Phi) is 4.40. The van der Waals surface area contributed by atoms with Crippen molar-refractivity contribution in [3.05, 3.63) is 11.6 Å². The minimum atomic E-state index is -0.322. The van der Waals surface area contributed by atoms with Crippen LogP contribution < -0.4 is 0 Å². The fourth-order valence-corrected chi connectivity index (χ4v) is 0.706. The molecule has 0 N–H and O–H groups in total. The summed E-state index contributed by atoms with van der Waals surface area (Å²) in [5.41, 5.74) is 0.634. The van der Waals surface area contributed by atoms with Gasteiger partial charge in [0.2, 0.25) is 0 Å². The monoisotopic (exact) mass is 192 g/mol. The molecule has 0 amide bonds. The van der Waals surface area contributed by atoms with E-state index in [0.29, 0.717) is 5.57 Å². The van der Waals surface area contributed by atoms with Crippen molar-refractivity contribution in [3.63, 3.8) is 0 Å². The predicted molar refractivity (Wildman–Crippen MR) is 39.1 cm³/mol. The number of rotatable bonds is 2. The molecule has 0 aliphatic carbocycles. The van der Waals surface area contributed by atoms with Crippen LogP contribution in [0.3, 0.4) is 0 Å². The van der Waals surface area contributed by atoms with Crippen molar-refractivity contribution >= 4 is 22.2 Å². The summed E-state index contributed by atoms with van der Waals surface area (Å²) in [6, 6.07) is 0. The summed E-state index contributed by atoms with van der Waals surface area (Å²) in [5.74, 6) is -0.322. The molecule has 0 bridgehead atoms. The van der Waals surface area contributed by atoms with E-state index in [2.05, 4.69) is 20.1 Å². The first-order chi connectivity index (χ1) is 4.22. The first-order valence-corrected chi connectivity index (χ1v) is 3.36. The second-order valence-corrected chi connectivity index (χ2v) is 1.98. The van der Waals surface area contributed by atoms with Gasteiger partial charge < -0.3 is 3.83 Å². The third-order valence-electron chi connectivity index (χ3n) is 0.902. The Morgan fingerprint density at radius 2 is 2.33 bits per heavy atom. The molecule has 0 heterocycles. The van der Waals surface area contributed by atoms with Gasteiger partial charge in [-0.3, -0.25) is 0 Å². The van der Waals surface area contributed by atoms with Gasteiger partial charge in [-0.05, 0) is 13.3 Å². The number of carbonyl (C=O) groups excluding carboxylic acids is 1. The van der Waals surface area contributed by atoms with E-state index in [-0.39, 0.29) is 5.97 Å². The molecule has 0 aliphatic heterocycles. The number of hydrogen-bond acceptors (Lipinski definition) is 2. The number of carbonyl (C=O) groups is 1. The first-order valence-electron chi connectivity index (χ1n) is 2.72. The van der Waals surface area contributed by atoms with Gasteiger partial charge in [0.25, 0.3) is 0 Å². The molecular formula is C6H9BrO2. The Labute approximate surface area is 63.3 Å². The quantitative estimate of drug-likeness (QED) is 0.628. The lowest BCUT2D eigenvalue weighted by Gasteiger charge is -1.92. The Morgan fingerprint density at radius 1 is 1.78 bits per heavy atom. The van der Waals surface area contributed by atoms with Gasteiger partial charge in [-0.15, -0.1) is 0 Å². The molecule has 0 unspecified atom stereocenters. The molecule has 0 saturated heterocycles. The molecule has 0 aromatic rings. The van der Waals surface area contributed by atoms with Crippen LogP contribution in [0.4, 0.5) is 0 Å². The first kappa shape index (κ1) is 8.69. The fourth-order valence-electron chi connectivity index (χ4n) is 0.450. The summed E-state index contributed by atoms with van der Waals surface area (Å²) in [6.07, 6.45) is 2.66. The SMILES string of the molecule is CCC=C(C)C(=O)OBr. The maximum atomic E-state index is 10.6. The lowest BCUT2D eigenvalue weighted by atomic mass is 10.2. The normalized spacial score (nSPS) is 11.2. The minimum Gasteiger partial charge on any atom is -0.380 e. The van der Waals surface area contributed by atoms with Crippen LogP contribution in [-0.2, 0) is 8.62 Å². The van der Waals surface area contributed by atoms with Crippen LogP contribution in [0.2, 0.25) is 0 Å². The zero-order valence-corrected chi connectivity index (χ0v) is 7.06. The van der Waals surface area contributed by atoms with E-state index in [1.54, 1.807) is 6.92 Å². The summed E-state index contributed by atoms with van der Waals surface area (Å²) in [6.45, 7) is 3.68. The second kappa shape index (κ2) is 4.56. The molecule has 2 nitrogen and oxygen atoms in total. The van der Waals surface area contributed by atoms with Crippen LogP contribution in [0.5, 0.6) is 0 Å². The highest BCUT2D eigenvalue weighted by Gasteiger charge is 2.00. The molecule has 0 saturated carbocycles. The van der Waals surface area contributed by atoms with Crippen LogP contribution in [0.1, 0.15) is 20.3 Å². The van der Waals surface area contributed by atoms with E-state index in [0.717, 1.165) is 6.42 Å². The fraction of sp³-hybridized carbons (Fsp3) is 0.500. The number of halogens is 1. The highest BCUT2D eigenvalue weighted by Crippen LogP contribution is 2.00. The van der Waals surface area contributed by atoms with Crippen LogP contribution in [-0.4, -0.2) is 5.97 Å². The summed E-state index contributed by atoms with van der Waals surface area (Å²) < 4.78 is 4.27. The van der Waals surface area contributed by atoms with E-state index in [1.165, 1.54) is 0 Å². The van der Waals surface area contributed by atoms with Gasteiger partial charge in [0.1, 0.15) is 0 Å². The maximum absolute atomic E-state index is 10.6. The molecule has 0 fully saturated rings. The van der Waals surface area contributed by atoms with Crippen LogP contribution >= 0.6 is 16.3 Å². The van der Waals surface area contributed by atoms with E-state index in [4.69, 9.17) is 0 Å². The van der Waals surface area contributed by atoms with E-state index < -0.39 is 0 Å². The molecule has 0 rings (SSSR count). The van der Waals surface area contributed by atoms with Crippen molar-refractivity contribution < 1.29 is 8.62 Å². The third-order valence-corrected chi connectivity index (χ3v) is 1.20. The number of allylic oxidation sites excluding steroid dienone is 1. The summed E-state index contributed by atoms with van der Waals surface area (Å²) in [7, 11) is 0. The van der Waals surface area contributed by atoms with Crippen LogP contribution in [0.25, 0.3) is 0 Å². The highest BCUT2D eigenvalue weighted by atomic mass is 79.9. The van der Waals surface area contributed by atoms with Gasteiger partial charge in [0.05, 0.1) is 0 Å². The topological polar surface area (TPSA) is 26.3 Å². The Hall–Kier alpha value is -0.310. The lowest BCUT2D eigenvalue weighted by molar-refractivity contribution is -0.128. The lowest BCUT2D eigenvalue weighted by Crippen LogP contribution is -1.96. The van der Waals surface area contributed by atoms with Crippen molar-refractivity contribution in [2.75, 3.05) is 0 Å². The van der Waals surface area contributed by atoms with Crippen molar-refractivity contribution in [2.45, 2.75) is 20.3 Å². The average Bonchev–Trinajstić information content (AvgIpc) is 1.87. The molecule has 0 radical (unpaired) electrons. The Balaban J connectivity index is 3.86. The smallest absolute Gasteiger partial charge is 0.344 e. The summed E-state index contributed by atoms with van der Waals surface area (Å²) in [5, 5.41) is 0. The molecule has 0 aliphatic rings. The van der Waals surface area contributed by atoms with Gasteiger partial charge in [0.15, 0.2) is 16.3 Å². The summed E-state index contributed by atoms with van der Waals surface area (Å²) >= 11 is 2.59. The largest absolute Gasteiger partial charge is 0.380 e. The van der Waals surface area contributed by atoms with Gasteiger partial charge in [-0.25, -0.2) is 4.79 Å². The minimum absolute atomic E-state index is 0.322. The van der Waals surface area contributed by atoms with Gasteiger partial charge in [-0.1, -0.05) is 13.0 Å². The molecular weight excluding hydrogens is 184 g/mol. The Morgan fingerprint density at radius 3 is 2.67 bits per heavy atom. The number of hydrogen-bond donors (Lipinski definition) is 0. The van der Waals surface area contributed by atoms with E-state index in [1.807, 2.05) is 13.0 Å². The van der Waals surface area contributed by atoms with Crippen molar-refractivity contribution in [3.8, 4) is 0 Å².